The van der Waals surface area contributed by atoms with Crippen LogP contribution in [0.1, 0.15) is 37.4 Å². The minimum Gasteiger partial charge on any atom is -0.381 e. The van der Waals surface area contributed by atoms with Gasteiger partial charge in [0.1, 0.15) is 5.54 Å². The van der Waals surface area contributed by atoms with Crippen LogP contribution < -0.4 is 11.1 Å². The highest BCUT2D eigenvalue weighted by Crippen LogP contribution is 2.40. The van der Waals surface area contributed by atoms with E-state index < -0.39 is 5.54 Å². The molecule has 140 valence electrons. The van der Waals surface area contributed by atoms with Crippen LogP contribution in [-0.2, 0) is 9.53 Å². The quantitative estimate of drug-likeness (QED) is 0.815. The number of nitrogens with two attached hydrogens (primary N) is 1. The number of carbonyl (C=O) groups is 1. The smallest absolute Gasteiger partial charge is 0.244 e. The maximum absolute atomic E-state index is 12.6. The van der Waals surface area contributed by atoms with Crippen molar-refractivity contribution in [1.29, 1.82) is 0 Å². The summed E-state index contributed by atoms with van der Waals surface area (Å²) in [4.78, 5) is 12.6. The third-order valence-electron chi connectivity index (χ3n) is 4.71. The topological polar surface area (TPSA) is 108 Å². The molecule has 2 aromatic rings. The number of aromatic nitrogens is 4. The van der Waals surface area contributed by atoms with Gasteiger partial charge in [-0.3, -0.25) is 4.79 Å². The van der Waals surface area contributed by atoms with Gasteiger partial charge in [-0.2, -0.15) is 4.68 Å². The van der Waals surface area contributed by atoms with Gasteiger partial charge in [-0.15, -0.1) is 17.5 Å². The van der Waals surface area contributed by atoms with E-state index in [0.717, 1.165) is 18.7 Å². The van der Waals surface area contributed by atoms with Crippen LogP contribution in [0.4, 0.5) is 5.69 Å². The van der Waals surface area contributed by atoms with E-state index in [0.29, 0.717) is 48.4 Å². The van der Waals surface area contributed by atoms with Crippen LogP contribution in [0.3, 0.4) is 0 Å². The number of tetrazole rings is 1. The molecule has 10 heteroatoms. The molecule has 0 bridgehead atoms. The monoisotopic (exact) mass is 398 g/mol. The summed E-state index contributed by atoms with van der Waals surface area (Å²) in [6.07, 6.45) is 3.15. The summed E-state index contributed by atoms with van der Waals surface area (Å²) < 4.78 is 6.93. The predicted octanol–water partition coefficient (Wildman–Crippen LogP) is 2.06. The third kappa shape index (κ3) is 3.68. The second-order valence-corrected chi connectivity index (χ2v) is 7.02. The van der Waals surface area contributed by atoms with Crippen molar-refractivity contribution in [1.82, 2.24) is 20.2 Å². The number of ether oxygens (including phenoxy) is 1. The lowest BCUT2D eigenvalue weighted by molar-refractivity contribution is -0.124. The molecule has 1 aromatic heterocycles. The largest absolute Gasteiger partial charge is 0.381 e. The van der Waals surface area contributed by atoms with Gasteiger partial charge >= 0.3 is 0 Å². The van der Waals surface area contributed by atoms with E-state index in [9.17, 15) is 4.79 Å². The highest BCUT2D eigenvalue weighted by Gasteiger charge is 2.36. The van der Waals surface area contributed by atoms with Crippen molar-refractivity contribution >= 4 is 35.6 Å². The van der Waals surface area contributed by atoms with E-state index in [2.05, 4.69) is 20.8 Å². The molecule has 26 heavy (non-hydrogen) atoms. The predicted molar refractivity (Wildman–Crippen MR) is 99.0 cm³/mol. The number of nitrogens with one attached hydrogen (secondary N) is 1. The van der Waals surface area contributed by atoms with Crippen LogP contribution in [0, 0.1) is 0 Å². The van der Waals surface area contributed by atoms with Crippen molar-refractivity contribution in [2.45, 2.75) is 37.1 Å². The summed E-state index contributed by atoms with van der Waals surface area (Å²) in [5, 5.41) is 15.3. The Morgan fingerprint density at radius 1 is 1.35 bits per heavy atom. The summed E-state index contributed by atoms with van der Waals surface area (Å²) >= 11 is 6.33. The summed E-state index contributed by atoms with van der Waals surface area (Å²) in [5.74, 6) is 0.951. The van der Waals surface area contributed by atoms with Crippen LogP contribution in [0.15, 0.2) is 18.2 Å². The molecule has 0 atom stereocenters. The molecular formula is C16H20Cl2N6O2. The summed E-state index contributed by atoms with van der Waals surface area (Å²) in [5.41, 5.74) is 6.57. The molecule has 1 saturated carbocycles. The summed E-state index contributed by atoms with van der Waals surface area (Å²) in [6, 6.07) is 5.23. The average molecular weight is 399 g/mol. The molecular weight excluding hydrogens is 379 g/mol. The molecule has 8 nitrogen and oxygen atoms in total. The fourth-order valence-electron chi connectivity index (χ4n) is 2.93. The fraction of sp³-hybridized carbons (Fsp3) is 0.500. The number of hydrogen-bond donors (Lipinski definition) is 2. The van der Waals surface area contributed by atoms with Gasteiger partial charge in [0.2, 0.25) is 5.91 Å². The first kappa shape index (κ1) is 19.0. The SMILES string of the molecule is Cl.NC1(C(=O)Nc2ccc(Cl)c(-n3nnnc3C3CC3)c2)CCOCC1. The minimum atomic E-state index is -0.911. The Hall–Kier alpha value is -1.74. The Kier molecular flexibility index (Phi) is 5.47. The molecule has 1 aliphatic heterocycles. The van der Waals surface area contributed by atoms with Crippen LogP contribution in [0.5, 0.6) is 0 Å². The first-order valence-corrected chi connectivity index (χ1v) is 8.71. The first-order valence-electron chi connectivity index (χ1n) is 8.33. The normalized spacial score (nSPS) is 18.8. The number of halogens is 2. The van der Waals surface area contributed by atoms with E-state index in [4.69, 9.17) is 22.1 Å². The highest BCUT2D eigenvalue weighted by molar-refractivity contribution is 6.32. The van der Waals surface area contributed by atoms with E-state index >= 15 is 0 Å². The van der Waals surface area contributed by atoms with Gasteiger partial charge in [-0.1, -0.05) is 11.6 Å². The van der Waals surface area contributed by atoms with Gasteiger partial charge in [0, 0.05) is 24.8 Å². The zero-order chi connectivity index (χ0) is 17.4. The Morgan fingerprint density at radius 3 is 2.77 bits per heavy atom. The van der Waals surface area contributed by atoms with Crippen LogP contribution in [0.2, 0.25) is 5.02 Å². The third-order valence-corrected chi connectivity index (χ3v) is 5.03. The van der Waals surface area contributed by atoms with E-state index in [1.165, 1.54) is 0 Å². The Labute approximate surface area is 161 Å². The maximum Gasteiger partial charge on any atom is 0.244 e. The zero-order valence-corrected chi connectivity index (χ0v) is 15.6. The molecule has 1 amide bonds. The number of rotatable bonds is 4. The van der Waals surface area contributed by atoms with Crippen molar-refractivity contribution in [3.05, 3.63) is 29.0 Å². The molecule has 4 rings (SSSR count). The Morgan fingerprint density at radius 2 is 2.08 bits per heavy atom. The van der Waals surface area contributed by atoms with Gasteiger partial charge in [0.25, 0.3) is 0 Å². The molecule has 1 saturated heterocycles. The summed E-state index contributed by atoms with van der Waals surface area (Å²) in [6.45, 7) is 0.982. The molecule has 0 radical (unpaired) electrons. The number of benzene rings is 1. The van der Waals surface area contributed by atoms with Gasteiger partial charge in [-0.05, 0) is 54.3 Å². The number of hydrogen-bond acceptors (Lipinski definition) is 6. The van der Waals surface area contributed by atoms with Gasteiger partial charge in [0.15, 0.2) is 5.82 Å². The lowest BCUT2D eigenvalue weighted by atomic mass is 9.90. The number of anilines is 1. The van der Waals surface area contributed by atoms with Crippen molar-refractivity contribution < 1.29 is 9.53 Å². The van der Waals surface area contributed by atoms with Crippen molar-refractivity contribution in [3.8, 4) is 5.69 Å². The first-order chi connectivity index (χ1) is 12.1. The lowest BCUT2D eigenvalue weighted by Gasteiger charge is -2.31. The molecule has 0 spiro atoms. The molecule has 2 heterocycles. The van der Waals surface area contributed by atoms with Gasteiger partial charge in [0.05, 0.1) is 10.7 Å². The second-order valence-electron chi connectivity index (χ2n) is 6.61. The van der Waals surface area contributed by atoms with Gasteiger partial charge < -0.3 is 15.8 Å². The highest BCUT2D eigenvalue weighted by atomic mass is 35.5. The van der Waals surface area contributed by atoms with Crippen molar-refractivity contribution in [3.63, 3.8) is 0 Å². The molecule has 2 fully saturated rings. The standard InChI is InChI=1S/C16H19ClN6O2.ClH/c17-12-4-3-11(19-15(24)16(18)5-7-25-8-6-16)9-13(12)23-14(10-1-2-10)20-21-22-23;/h3-4,9-10H,1-2,5-8,18H2,(H,19,24);1H. The summed E-state index contributed by atoms with van der Waals surface area (Å²) in [7, 11) is 0. The van der Waals surface area contributed by atoms with E-state index in [1.54, 1.807) is 22.9 Å². The fourth-order valence-corrected chi connectivity index (χ4v) is 3.13. The number of amides is 1. The number of nitrogens with zero attached hydrogens (tertiary/aromatic N) is 4. The zero-order valence-electron chi connectivity index (χ0n) is 14.0. The molecule has 1 aromatic carbocycles. The molecule has 1 aliphatic carbocycles. The number of carbonyl (C=O) groups excluding carboxylic acids is 1. The van der Waals surface area contributed by atoms with Crippen molar-refractivity contribution in [2.24, 2.45) is 5.73 Å². The van der Waals surface area contributed by atoms with Gasteiger partial charge in [-0.25, -0.2) is 0 Å². The molecule has 3 N–H and O–H groups in total. The molecule has 2 aliphatic rings. The molecule has 0 unspecified atom stereocenters. The van der Waals surface area contributed by atoms with Crippen molar-refractivity contribution in [2.75, 3.05) is 18.5 Å². The Balaban J connectivity index is 0.00000196. The lowest BCUT2D eigenvalue weighted by Crippen LogP contribution is -2.54. The minimum absolute atomic E-state index is 0. The van der Waals surface area contributed by atoms with E-state index in [1.807, 2.05) is 0 Å². The average Bonchev–Trinajstić information content (AvgIpc) is 3.34. The Bertz CT molecular complexity index is 802. The van der Waals surface area contributed by atoms with Crippen LogP contribution in [0.25, 0.3) is 5.69 Å². The maximum atomic E-state index is 12.6. The van der Waals surface area contributed by atoms with E-state index in [-0.39, 0.29) is 18.3 Å². The second kappa shape index (κ2) is 7.48. The van der Waals surface area contributed by atoms with Crippen LogP contribution in [-0.4, -0.2) is 44.9 Å². The van der Waals surface area contributed by atoms with Crippen LogP contribution >= 0.6 is 24.0 Å².